The van der Waals surface area contributed by atoms with E-state index in [4.69, 9.17) is 37.4 Å². The molecule has 0 spiro atoms. The second-order valence-corrected chi connectivity index (χ2v) is 62.3. The molecule has 7 fully saturated rings. The predicted octanol–water partition coefficient (Wildman–Crippen LogP) is 27.6. The molecule has 7 aliphatic rings. The number of sulfone groups is 5. The molecule has 4 atom stereocenters. The highest BCUT2D eigenvalue weighted by Gasteiger charge is 2.40. The van der Waals surface area contributed by atoms with Gasteiger partial charge in [0, 0.05) is 42.6 Å². The first kappa shape index (κ1) is 116. The van der Waals surface area contributed by atoms with Gasteiger partial charge in [-0.25, -0.2) is 46.5 Å². The zero-order valence-electron chi connectivity index (χ0n) is 87.3. The molecule has 15 nitrogen and oxygen atoms in total. The number of anilines is 2. The van der Waals surface area contributed by atoms with E-state index in [2.05, 4.69) is 92.1 Å². The standard InChI is InChI=1S/2C26H43NO2S.2C20H31ClO3S.C20H31FO3S/c2*1-20-16-21(2)18-27(17-20)25-14-12-23(13-15-25)7-6-22-8-10-24(11-9-22)19-30(28,29)26(3,4)5;1-20(2,3)25(22,23)14-17-9-6-15(7-10-17)5-8-16-11-12-19(24-4)18(21)13-16;1-20(2,3)25(22,23)14-16-7-5-15(6-8-16)9-10-17-13-18(21)11-12-19(17)24-4;1-20(2,3)25(22,23)14-17-9-6-15(7-10-17)5-8-16-11-12-19(24-4)18(21)13-16/h2*12-15,20-22,24H,6-11,16-19H2,1-5H3;11-13,15,17H,5-10,14H2,1-4H3;11-13,15-16H,5-10,14H2,1-4H3;11-13,15,17H,5-10,14H2,1-4H3/t20-,21+,22?,24?;20-,21-,22?,24?;;;/m.1.../s1. The Hall–Kier alpha value is -4.64. The lowest BCUT2D eigenvalue weighted by Gasteiger charge is -2.36. The number of methoxy groups -OCH3 is 3. The number of piperidine rings is 2. The minimum absolute atomic E-state index is 0.282. The van der Waals surface area contributed by atoms with Gasteiger partial charge in [0.1, 0.15) is 11.5 Å². The van der Waals surface area contributed by atoms with Gasteiger partial charge in [0.15, 0.2) is 60.8 Å². The van der Waals surface area contributed by atoms with E-state index in [0.717, 1.165) is 212 Å². The Bertz CT molecular complexity index is 4740. The Labute approximate surface area is 831 Å². The van der Waals surface area contributed by atoms with Crippen molar-refractivity contribution in [2.45, 2.75) is 361 Å². The molecule has 2 heterocycles. The number of ether oxygens (including phenoxy) is 3. The second kappa shape index (κ2) is 51.5. The molecule has 766 valence electrons. The highest BCUT2D eigenvalue weighted by Crippen LogP contribution is 2.43. The zero-order chi connectivity index (χ0) is 99.9. The van der Waals surface area contributed by atoms with E-state index < -0.39 is 72.9 Å². The maximum atomic E-state index is 13.7. The zero-order valence-corrected chi connectivity index (χ0v) is 92.9. The van der Waals surface area contributed by atoms with Gasteiger partial charge in [0.05, 0.1) is 78.9 Å². The average molecular weight is 2010 g/mol. The van der Waals surface area contributed by atoms with Gasteiger partial charge in [-0.1, -0.05) is 152 Å². The maximum Gasteiger partial charge on any atom is 0.165 e. The lowest BCUT2D eigenvalue weighted by Crippen LogP contribution is -2.38. The van der Waals surface area contributed by atoms with Gasteiger partial charge in [0.2, 0.25) is 0 Å². The van der Waals surface area contributed by atoms with Gasteiger partial charge in [-0.3, -0.25) is 0 Å². The van der Waals surface area contributed by atoms with Crippen molar-refractivity contribution in [2.75, 3.05) is 86.1 Å². The summed E-state index contributed by atoms with van der Waals surface area (Å²) in [6, 6.07) is 35.4. The number of nitrogens with zero attached hydrogens (tertiary/aromatic N) is 2. The third-order valence-electron chi connectivity index (χ3n) is 31.0. The van der Waals surface area contributed by atoms with E-state index in [-0.39, 0.29) is 11.6 Å². The fourth-order valence-electron chi connectivity index (χ4n) is 21.2. The Morgan fingerprint density at radius 2 is 0.526 bits per heavy atom. The largest absolute Gasteiger partial charge is 0.496 e. The van der Waals surface area contributed by atoms with Crippen LogP contribution in [-0.2, 0) is 81.3 Å². The number of halogens is 3. The minimum atomic E-state index is -3.04. The normalized spacial score (nSPS) is 24.9. The quantitative estimate of drug-likeness (QED) is 0.0419. The SMILES string of the molecule is COc1ccc(CCC2CCC(CS(=O)(=O)C(C)(C)C)CC2)cc1Cl.COc1ccc(CCC2CCC(CS(=O)(=O)C(C)(C)C)CC2)cc1F.COc1ccc(Cl)cc1CCC1CCC(CS(=O)(=O)C(C)(C)C)CC1.C[C@@H]1C[C@@H](C)CN(c2ccc(CCC3CCC(CS(=O)(=O)C(C)(C)C)CC3)cc2)C1.C[C@@H]1C[C@H](C)CN(c2ccc(CCC3CCC(CS(=O)(=O)C(C)(C)C)CC3)cc2)C1. The van der Waals surface area contributed by atoms with Crippen molar-refractivity contribution in [1.82, 2.24) is 0 Å². The Morgan fingerprint density at radius 1 is 0.296 bits per heavy atom. The summed E-state index contributed by atoms with van der Waals surface area (Å²) in [6.07, 6.45) is 35.3. The maximum absolute atomic E-state index is 13.7. The summed E-state index contributed by atoms with van der Waals surface area (Å²) in [5.74, 6) is 11.6. The molecular weight excluding hydrogens is 1830 g/mol. The fraction of sp³-hybridized carbons (Fsp3) is 0.732. The first-order valence-corrected chi connectivity index (χ1v) is 60.7. The summed E-state index contributed by atoms with van der Waals surface area (Å²) in [7, 11) is -10.3. The molecule has 5 saturated carbocycles. The van der Waals surface area contributed by atoms with Gasteiger partial charge in [-0.05, 0) is 423 Å². The van der Waals surface area contributed by atoms with E-state index >= 15 is 0 Å². The van der Waals surface area contributed by atoms with E-state index in [9.17, 15) is 46.5 Å². The van der Waals surface area contributed by atoms with Gasteiger partial charge in [0.25, 0.3) is 0 Å². The lowest BCUT2D eigenvalue weighted by atomic mass is 9.80. The molecule has 5 aromatic carbocycles. The van der Waals surface area contributed by atoms with Crippen LogP contribution in [0.3, 0.4) is 0 Å². The smallest absolute Gasteiger partial charge is 0.165 e. The highest BCUT2D eigenvalue weighted by molar-refractivity contribution is 7.93. The summed E-state index contributed by atoms with van der Waals surface area (Å²) in [5.41, 5.74) is 9.02. The number of benzene rings is 5. The van der Waals surface area contributed by atoms with Crippen molar-refractivity contribution in [3.63, 3.8) is 0 Å². The highest BCUT2D eigenvalue weighted by atomic mass is 35.5. The predicted molar refractivity (Wildman–Crippen MR) is 569 cm³/mol. The molecule has 2 aliphatic heterocycles. The molecule has 23 heteroatoms. The van der Waals surface area contributed by atoms with Crippen LogP contribution in [0.5, 0.6) is 17.2 Å². The van der Waals surface area contributed by atoms with Gasteiger partial charge in [-0.2, -0.15) is 0 Å². The fourth-order valence-corrected chi connectivity index (χ4v) is 29.0. The first-order chi connectivity index (χ1) is 62.9. The molecular formula is C112H179Cl2FN2O13S5. The third kappa shape index (κ3) is 37.2. The van der Waals surface area contributed by atoms with Gasteiger partial charge < -0.3 is 24.0 Å². The van der Waals surface area contributed by atoms with E-state index in [0.29, 0.717) is 86.9 Å². The summed E-state index contributed by atoms with van der Waals surface area (Å²) < 4.78 is 150. The van der Waals surface area contributed by atoms with Crippen molar-refractivity contribution in [1.29, 1.82) is 0 Å². The van der Waals surface area contributed by atoms with Crippen LogP contribution in [0.15, 0.2) is 103 Å². The molecule has 12 rings (SSSR count). The van der Waals surface area contributed by atoms with E-state index in [1.54, 1.807) is 88.7 Å². The van der Waals surface area contributed by atoms with Crippen molar-refractivity contribution in [2.24, 2.45) is 82.9 Å². The monoisotopic (exact) mass is 2010 g/mol. The Balaban J connectivity index is 0.000000208. The summed E-state index contributed by atoms with van der Waals surface area (Å²) >= 11 is 12.3. The number of aryl methyl sites for hydroxylation is 5. The van der Waals surface area contributed by atoms with Crippen LogP contribution in [0.2, 0.25) is 10.0 Å². The molecule has 0 N–H and O–H groups in total. The summed E-state index contributed by atoms with van der Waals surface area (Å²) in [4.78, 5) is 5.10. The third-order valence-corrected chi connectivity index (χ3v) is 45.4. The molecule has 2 saturated heterocycles. The van der Waals surface area contributed by atoms with Crippen molar-refractivity contribution in [3.8, 4) is 17.2 Å². The van der Waals surface area contributed by atoms with Crippen molar-refractivity contribution >= 4 is 83.8 Å². The van der Waals surface area contributed by atoms with Crippen molar-refractivity contribution < 1.29 is 60.7 Å². The van der Waals surface area contributed by atoms with Gasteiger partial charge >= 0.3 is 0 Å². The Morgan fingerprint density at radius 3 is 0.778 bits per heavy atom. The molecule has 0 bridgehead atoms. The first-order valence-electron chi connectivity index (χ1n) is 51.7. The molecule has 135 heavy (non-hydrogen) atoms. The van der Waals surface area contributed by atoms with Crippen LogP contribution in [0.4, 0.5) is 15.8 Å². The molecule has 0 aromatic heterocycles. The van der Waals surface area contributed by atoms with Gasteiger partial charge in [-0.15, -0.1) is 0 Å². The van der Waals surface area contributed by atoms with Crippen LogP contribution >= 0.6 is 23.2 Å². The van der Waals surface area contributed by atoms with Crippen molar-refractivity contribution in [3.05, 3.63) is 147 Å². The molecule has 0 amide bonds. The number of hydrogen-bond acceptors (Lipinski definition) is 15. The van der Waals surface area contributed by atoms with Crippen LogP contribution in [0.25, 0.3) is 0 Å². The number of rotatable bonds is 30. The van der Waals surface area contributed by atoms with Crippen LogP contribution in [0.1, 0.15) is 333 Å². The molecule has 5 aromatic rings. The summed E-state index contributed by atoms with van der Waals surface area (Å²) in [5, 5.41) is 1.41. The minimum Gasteiger partial charge on any atom is -0.496 e. The van der Waals surface area contributed by atoms with E-state index in [1.807, 2.05) is 77.9 Å². The Kier molecular flexibility index (Phi) is 44.1. The van der Waals surface area contributed by atoms with E-state index in [1.165, 1.54) is 113 Å². The van der Waals surface area contributed by atoms with Crippen LogP contribution in [0, 0.1) is 88.7 Å². The average Bonchev–Trinajstić information content (AvgIpc) is 0.821. The van der Waals surface area contributed by atoms with Crippen LogP contribution < -0.4 is 24.0 Å². The molecule has 0 radical (unpaired) electrons. The second-order valence-electron chi connectivity index (χ2n) is 47.5. The summed E-state index contributed by atoms with van der Waals surface area (Å²) in [6.45, 7) is 41.3. The lowest BCUT2D eigenvalue weighted by molar-refractivity contribution is 0.277. The molecule has 5 aliphatic carbocycles. The molecule has 0 unspecified atom stereocenters. The topological polar surface area (TPSA) is 205 Å². The number of hydrogen-bond donors (Lipinski definition) is 0. The van der Waals surface area contributed by atoms with Crippen LogP contribution in [-0.4, -0.2) is 142 Å².